The Labute approximate surface area is 102 Å². The first-order valence-corrected chi connectivity index (χ1v) is 5.93. The van der Waals surface area contributed by atoms with E-state index in [-0.39, 0.29) is 0 Å². The van der Waals surface area contributed by atoms with Crippen molar-refractivity contribution in [2.45, 2.75) is 25.7 Å². The SMILES string of the molecule is COc1nc(C2CCCNC2)nc(OC)c1C. The minimum atomic E-state index is 0.354. The van der Waals surface area contributed by atoms with Crippen LogP contribution >= 0.6 is 0 Å². The molecule has 5 heteroatoms. The number of nitrogens with zero attached hydrogens (tertiary/aromatic N) is 2. The van der Waals surface area contributed by atoms with Gasteiger partial charge in [0, 0.05) is 12.5 Å². The fraction of sp³-hybridized carbons (Fsp3) is 0.667. The number of ether oxygens (including phenoxy) is 2. The summed E-state index contributed by atoms with van der Waals surface area (Å²) >= 11 is 0. The third-order valence-electron chi connectivity index (χ3n) is 3.12. The Morgan fingerprint density at radius 1 is 1.18 bits per heavy atom. The number of hydrogen-bond acceptors (Lipinski definition) is 5. The van der Waals surface area contributed by atoms with Crippen molar-refractivity contribution in [3.63, 3.8) is 0 Å². The largest absolute Gasteiger partial charge is 0.481 e. The minimum Gasteiger partial charge on any atom is -0.481 e. The highest BCUT2D eigenvalue weighted by Gasteiger charge is 2.21. The topological polar surface area (TPSA) is 56.3 Å². The van der Waals surface area contributed by atoms with E-state index in [2.05, 4.69) is 15.3 Å². The van der Waals surface area contributed by atoms with Crippen LogP contribution in [0.4, 0.5) is 0 Å². The molecule has 0 spiro atoms. The van der Waals surface area contributed by atoms with Crippen molar-refractivity contribution >= 4 is 0 Å². The Balaban J connectivity index is 2.33. The smallest absolute Gasteiger partial charge is 0.223 e. The molecule has 0 radical (unpaired) electrons. The molecule has 1 aromatic rings. The van der Waals surface area contributed by atoms with Crippen LogP contribution in [0, 0.1) is 6.92 Å². The van der Waals surface area contributed by atoms with Gasteiger partial charge < -0.3 is 14.8 Å². The van der Waals surface area contributed by atoms with Crippen molar-refractivity contribution < 1.29 is 9.47 Å². The van der Waals surface area contributed by atoms with Crippen molar-refractivity contribution in [2.75, 3.05) is 27.3 Å². The summed E-state index contributed by atoms with van der Waals surface area (Å²) in [6.07, 6.45) is 2.27. The van der Waals surface area contributed by atoms with E-state index in [0.29, 0.717) is 17.7 Å². The van der Waals surface area contributed by atoms with Crippen LogP contribution in [0.1, 0.15) is 30.1 Å². The van der Waals surface area contributed by atoms with Crippen molar-refractivity contribution in [1.82, 2.24) is 15.3 Å². The van der Waals surface area contributed by atoms with E-state index in [1.165, 1.54) is 0 Å². The average Bonchev–Trinajstić information content (AvgIpc) is 2.40. The molecular weight excluding hydrogens is 218 g/mol. The van der Waals surface area contributed by atoms with Crippen LogP contribution in [0.5, 0.6) is 11.8 Å². The summed E-state index contributed by atoms with van der Waals surface area (Å²) in [6.45, 7) is 3.91. The molecule has 2 heterocycles. The summed E-state index contributed by atoms with van der Waals surface area (Å²) in [5, 5.41) is 3.36. The lowest BCUT2D eigenvalue weighted by Crippen LogP contribution is -2.29. The van der Waals surface area contributed by atoms with Crippen LogP contribution in [0.15, 0.2) is 0 Å². The van der Waals surface area contributed by atoms with E-state index >= 15 is 0 Å². The average molecular weight is 237 g/mol. The van der Waals surface area contributed by atoms with E-state index in [1.54, 1.807) is 14.2 Å². The highest BCUT2D eigenvalue weighted by molar-refractivity contribution is 5.34. The van der Waals surface area contributed by atoms with Gasteiger partial charge in [0.2, 0.25) is 11.8 Å². The molecule has 1 fully saturated rings. The molecule has 1 saturated heterocycles. The molecule has 17 heavy (non-hydrogen) atoms. The molecule has 5 nitrogen and oxygen atoms in total. The van der Waals surface area contributed by atoms with Crippen molar-refractivity contribution in [3.05, 3.63) is 11.4 Å². The third-order valence-corrected chi connectivity index (χ3v) is 3.12. The van der Waals surface area contributed by atoms with Crippen LogP contribution in [0.2, 0.25) is 0 Å². The first kappa shape index (κ1) is 12.1. The Hall–Kier alpha value is -1.36. The van der Waals surface area contributed by atoms with Gasteiger partial charge in [0.15, 0.2) is 0 Å². The number of piperidine rings is 1. The van der Waals surface area contributed by atoms with Gasteiger partial charge in [-0.3, -0.25) is 0 Å². The van der Waals surface area contributed by atoms with Crippen molar-refractivity contribution in [1.29, 1.82) is 0 Å². The van der Waals surface area contributed by atoms with E-state index < -0.39 is 0 Å². The first-order valence-electron chi connectivity index (χ1n) is 5.93. The summed E-state index contributed by atoms with van der Waals surface area (Å²) in [7, 11) is 3.25. The van der Waals surface area contributed by atoms with E-state index in [1.807, 2.05) is 6.92 Å². The predicted octanol–water partition coefficient (Wildman–Crippen LogP) is 1.27. The second-order valence-corrected chi connectivity index (χ2v) is 4.27. The van der Waals surface area contributed by atoms with Crippen LogP contribution < -0.4 is 14.8 Å². The van der Waals surface area contributed by atoms with E-state index in [4.69, 9.17) is 9.47 Å². The summed E-state index contributed by atoms with van der Waals surface area (Å²) < 4.78 is 10.5. The van der Waals surface area contributed by atoms with Gasteiger partial charge >= 0.3 is 0 Å². The Morgan fingerprint density at radius 2 is 1.82 bits per heavy atom. The van der Waals surface area contributed by atoms with Gasteiger partial charge in [-0.25, -0.2) is 0 Å². The molecule has 1 atom stereocenters. The molecule has 1 aliphatic heterocycles. The van der Waals surface area contributed by atoms with E-state index in [9.17, 15) is 0 Å². The number of nitrogens with one attached hydrogen (secondary N) is 1. The van der Waals surface area contributed by atoms with Gasteiger partial charge in [-0.15, -0.1) is 0 Å². The molecule has 0 aliphatic carbocycles. The maximum atomic E-state index is 5.27. The monoisotopic (exact) mass is 237 g/mol. The number of hydrogen-bond donors (Lipinski definition) is 1. The van der Waals surface area contributed by atoms with Gasteiger partial charge in [0.05, 0.1) is 19.8 Å². The first-order chi connectivity index (χ1) is 8.26. The molecule has 94 valence electrons. The molecule has 0 aromatic carbocycles. The minimum absolute atomic E-state index is 0.354. The number of rotatable bonds is 3. The zero-order valence-electron chi connectivity index (χ0n) is 10.6. The highest BCUT2D eigenvalue weighted by atomic mass is 16.5. The second-order valence-electron chi connectivity index (χ2n) is 4.27. The molecule has 0 amide bonds. The fourth-order valence-corrected chi connectivity index (χ4v) is 2.14. The molecule has 0 saturated carbocycles. The summed E-state index contributed by atoms with van der Waals surface area (Å²) in [5.74, 6) is 2.39. The van der Waals surface area contributed by atoms with Crippen LogP contribution in [-0.4, -0.2) is 37.3 Å². The third kappa shape index (κ3) is 2.49. The zero-order chi connectivity index (χ0) is 12.3. The lowest BCUT2D eigenvalue weighted by atomic mass is 9.99. The summed E-state index contributed by atoms with van der Waals surface area (Å²) in [5.41, 5.74) is 0.850. The molecule has 2 rings (SSSR count). The van der Waals surface area contributed by atoms with Gasteiger partial charge in [-0.05, 0) is 26.3 Å². The van der Waals surface area contributed by atoms with Crippen molar-refractivity contribution in [3.8, 4) is 11.8 Å². The van der Waals surface area contributed by atoms with E-state index in [0.717, 1.165) is 37.3 Å². The maximum Gasteiger partial charge on any atom is 0.223 e. The standard InChI is InChI=1S/C12H19N3O2/c1-8-11(16-2)14-10(15-12(8)17-3)9-5-4-6-13-7-9/h9,13H,4-7H2,1-3H3. The summed E-state index contributed by atoms with van der Waals surface area (Å²) in [6, 6.07) is 0. The van der Waals surface area contributed by atoms with Crippen LogP contribution in [0.25, 0.3) is 0 Å². The molecule has 1 N–H and O–H groups in total. The van der Waals surface area contributed by atoms with Gasteiger partial charge in [-0.1, -0.05) is 0 Å². The zero-order valence-corrected chi connectivity index (χ0v) is 10.6. The highest BCUT2D eigenvalue weighted by Crippen LogP contribution is 2.28. The van der Waals surface area contributed by atoms with Crippen molar-refractivity contribution in [2.24, 2.45) is 0 Å². The van der Waals surface area contributed by atoms with Gasteiger partial charge in [0.25, 0.3) is 0 Å². The number of aromatic nitrogens is 2. The Bertz CT molecular complexity index is 364. The van der Waals surface area contributed by atoms with Gasteiger partial charge in [0.1, 0.15) is 5.82 Å². The Morgan fingerprint density at radius 3 is 2.29 bits per heavy atom. The molecule has 1 aliphatic rings. The summed E-state index contributed by atoms with van der Waals surface area (Å²) in [4.78, 5) is 8.94. The molecule has 0 bridgehead atoms. The van der Waals surface area contributed by atoms with Crippen LogP contribution in [0.3, 0.4) is 0 Å². The maximum absolute atomic E-state index is 5.27. The predicted molar refractivity (Wildman–Crippen MR) is 64.7 cm³/mol. The lowest BCUT2D eigenvalue weighted by molar-refractivity contribution is 0.353. The van der Waals surface area contributed by atoms with Gasteiger partial charge in [-0.2, -0.15) is 9.97 Å². The second kappa shape index (κ2) is 5.31. The molecule has 1 unspecified atom stereocenters. The fourth-order valence-electron chi connectivity index (χ4n) is 2.14. The molecular formula is C12H19N3O2. The van der Waals surface area contributed by atoms with Crippen LogP contribution in [-0.2, 0) is 0 Å². The normalized spacial score (nSPS) is 20.1. The number of methoxy groups -OCH3 is 2. The molecule has 1 aromatic heterocycles. The quantitative estimate of drug-likeness (QED) is 0.858. The lowest BCUT2D eigenvalue weighted by Gasteiger charge is -2.22. The Kier molecular flexibility index (Phi) is 3.78.